The number of hydrogen-bond donors (Lipinski definition) is 3. The lowest BCUT2D eigenvalue weighted by molar-refractivity contribution is -0.119. The zero-order chi connectivity index (χ0) is 16.9. The molecule has 3 N–H and O–H groups in total. The predicted molar refractivity (Wildman–Crippen MR) is 91.0 cm³/mol. The number of aliphatic hydroxyl groups excluding tert-OH is 1. The van der Waals surface area contributed by atoms with Crippen LogP contribution in [0.15, 0.2) is 12.4 Å². The van der Waals surface area contributed by atoms with E-state index in [-0.39, 0.29) is 35.8 Å². The number of hydrogen-bond acceptors (Lipinski definition) is 3. The summed E-state index contributed by atoms with van der Waals surface area (Å²) in [5.41, 5.74) is 0.0990. The van der Waals surface area contributed by atoms with E-state index in [1.807, 2.05) is 6.20 Å². The summed E-state index contributed by atoms with van der Waals surface area (Å²) < 4.78 is 0. The van der Waals surface area contributed by atoms with Gasteiger partial charge in [0, 0.05) is 37.9 Å². The van der Waals surface area contributed by atoms with Gasteiger partial charge in [-0.2, -0.15) is 0 Å². The van der Waals surface area contributed by atoms with Gasteiger partial charge in [0.05, 0.1) is 0 Å². The molecule has 3 atom stereocenters. The lowest BCUT2D eigenvalue weighted by Gasteiger charge is -2.32. The predicted octanol–water partition coefficient (Wildman–Crippen LogP) is 2.99. The van der Waals surface area contributed by atoms with Crippen molar-refractivity contribution in [1.29, 1.82) is 0 Å². The van der Waals surface area contributed by atoms with Gasteiger partial charge in [0.25, 0.3) is 0 Å². The van der Waals surface area contributed by atoms with Crippen LogP contribution in [0.5, 0.6) is 0 Å². The van der Waals surface area contributed by atoms with Crippen molar-refractivity contribution >= 4 is 5.91 Å². The second kappa shape index (κ2) is 7.95. The Morgan fingerprint density at radius 3 is 2.65 bits per heavy atom. The van der Waals surface area contributed by atoms with Crippen molar-refractivity contribution in [1.82, 2.24) is 15.3 Å². The monoisotopic (exact) mass is 321 g/mol. The standard InChI is InChI=1S/C18H31N3O2/c1-13(14(2)21-15(3)23)16(17-19-10-11-20-17)6-9-18(12-22)7-4-5-8-18/h10-11,13-14,16,22H,4-9,12H2,1-3H3,(H,19,20)(H,21,23). The summed E-state index contributed by atoms with van der Waals surface area (Å²) in [6.07, 6.45) is 10.4. The smallest absolute Gasteiger partial charge is 0.217 e. The first-order chi connectivity index (χ1) is 11.0. The topological polar surface area (TPSA) is 78.0 Å². The van der Waals surface area contributed by atoms with E-state index in [9.17, 15) is 9.90 Å². The molecule has 1 amide bonds. The molecule has 0 spiro atoms. The minimum Gasteiger partial charge on any atom is -0.396 e. The molecule has 1 heterocycles. The maximum atomic E-state index is 11.4. The highest BCUT2D eigenvalue weighted by atomic mass is 16.3. The fraction of sp³-hybridized carbons (Fsp3) is 0.778. The second-order valence-electron chi connectivity index (χ2n) is 7.33. The summed E-state index contributed by atoms with van der Waals surface area (Å²) >= 11 is 0. The van der Waals surface area contributed by atoms with Crippen molar-refractivity contribution in [2.45, 2.75) is 71.3 Å². The third-order valence-electron chi connectivity index (χ3n) is 5.71. The number of imidazole rings is 1. The van der Waals surface area contributed by atoms with Crippen LogP contribution in [-0.4, -0.2) is 33.6 Å². The highest BCUT2D eigenvalue weighted by Crippen LogP contribution is 2.44. The molecular formula is C18H31N3O2. The molecule has 0 radical (unpaired) electrons. The van der Waals surface area contributed by atoms with E-state index in [0.29, 0.717) is 0 Å². The Morgan fingerprint density at radius 1 is 1.43 bits per heavy atom. The highest BCUT2D eigenvalue weighted by Gasteiger charge is 2.35. The number of H-pyrrole nitrogens is 1. The first kappa shape index (κ1) is 18.0. The van der Waals surface area contributed by atoms with Crippen LogP contribution in [0, 0.1) is 11.3 Å². The van der Waals surface area contributed by atoms with Gasteiger partial charge in [0.2, 0.25) is 5.91 Å². The van der Waals surface area contributed by atoms with E-state index >= 15 is 0 Å². The Kier molecular flexibility index (Phi) is 6.22. The van der Waals surface area contributed by atoms with Gasteiger partial charge in [-0.25, -0.2) is 4.98 Å². The van der Waals surface area contributed by atoms with E-state index in [1.54, 1.807) is 13.1 Å². The minimum atomic E-state index is 0.00478. The molecule has 3 unspecified atom stereocenters. The van der Waals surface area contributed by atoms with E-state index in [2.05, 4.69) is 29.1 Å². The summed E-state index contributed by atoms with van der Waals surface area (Å²) in [4.78, 5) is 19.1. The van der Waals surface area contributed by atoms with Crippen molar-refractivity contribution in [2.24, 2.45) is 11.3 Å². The van der Waals surface area contributed by atoms with Crippen LogP contribution in [-0.2, 0) is 4.79 Å². The van der Waals surface area contributed by atoms with Gasteiger partial charge in [0.1, 0.15) is 5.82 Å². The third-order valence-corrected chi connectivity index (χ3v) is 5.71. The third kappa shape index (κ3) is 4.56. The van der Waals surface area contributed by atoms with Crippen LogP contribution >= 0.6 is 0 Å². The van der Waals surface area contributed by atoms with E-state index < -0.39 is 0 Å². The van der Waals surface area contributed by atoms with Crippen LogP contribution in [0.4, 0.5) is 0 Å². The number of aromatic amines is 1. The van der Waals surface area contributed by atoms with E-state index in [0.717, 1.165) is 31.5 Å². The van der Waals surface area contributed by atoms with Gasteiger partial charge < -0.3 is 15.4 Å². The number of amides is 1. The van der Waals surface area contributed by atoms with Gasteiger partial charge in [-0.05, 0) is 43.9 Å². The molecule has 2 rings (SSSR count). The number of carbonyl (C=O) groups excluding carboxylic acids is 1. The van der Waals surface area contributed by atoms with Crippen LogP contribution in [0.1, 0.15) is 71.0 Å². The largest absolute Gasteiger partial charge is 0.396 e. The fourth-order valence-electron chi connectivity index (χ4n) is 4.00. The van der Waals surface area contributed by atoms with Crippen molar-refractivity contribution < 1.29 is 9.90 Å². The molecule has 1 fully saturated rings. The summed E-state index contributed by atoms with van der Waals surface area (Å²) in [7, 11) is 0. The fourth-order valence-corrected chi connectivity index (χ4v) is 4.00. The summed E-state index contributed by atoms with van der Waals surface area (Å²) in [6.45, 7) is 6.07. The van der Waals surface area contributed by atoms with Crippen LogP contribution in [0.2, 0.25) is 0 Å². The molecule has 23 heavy (non-hydrogen) atoms. The Hall–Kier alpha value is -1.36. The van der Waals surface area contributed by atoms with Crippen LogP contribution in [0.25, 0.3) is 0 Å². The Morgan fingerprint density at radius 2 is 2.13 bits per heavy atom. The number of rotatable bonds is 8. The zero-order valence-electron chi connectivity index (χ0n) is 14.6. The Labute approximate surface area is 139 Å². The molecule has 5 nitrogen and oxygen atoms in total. The number of nitrogens with zero attached hydrogens (tertiary/aromatic N) is 1. The van der Waals surface area contributed by atoms with Crippen LogP contribution < -0.4 is 5.32 Å². The van der Waals surface area contributed by atoms with E-state index in [1.165, 1.54) is 12.8 Å². The molecule has 1 aromatic heterocycles. The minimum absolute atomic E-state index is 0.00478. The van der Waals surface area contributed by atoms with Gasteiger partial charge in [-0.15, -0.1) is 0 Å². The number of nitrogens with one attached hydrogen (secondary N) is 2. The summed E-state index contributed by atoms with van der Waals surface area (Å²) in [5, 5.41) is 12.9. The number of carbonyl (C=O) groups is 1. The van der Waals surface area contributed by atoms with Crippen LogP contribution in [0.3, 0.4) is 0 Å². The van der Waals surface area contributed by atoms with Crippen molar-refractivity contribution in [2.75, 3.05) is 6.61 Å². The van der Waals surface area contributed by atoms with Gasteiger partial charge in [0.15, 0.2) is 0 Å². The van der Waals surface area contributed by atoms with Gasteiger partial charge in [-0.1, -0.05) is 19.8 Å². The molecule has 0 aliphatic heterocycles. The quantitative estimate of drug-likeness (QED) is 0.689. The summed E-state index contributed by atoms with van der Waals surface area (Å²) in [6, 6.07) is 0.0938. The Balaban J connectivity index is 2.07. The molecule has 1 saturated carbocycles. The molecule has 5 heteroatoms. The van der Waals surface area contributed by atoms with E-state index in [4.69, 9.17) is 0 Å². The zero-order valence-corrected chi connectivity index (χ0v) is 14.6. The average molecular weight is 321 g/mol. The van der Waals surface area contributed by atoms with Crippen molar-refractivity contribution in [3.8, 4) is 0 Å². The maximum Gasteiger partial charge on any atom is 0.217 e. The molecule has 1 aliphatic carbocycles. The van der Waals surface area contributed by atoms with Gasteiger partial charge >= 0.3 is 0 Å². The van der Waals surface area contributed by atoms with Crippen molar-refractivity contribution in [3.05, 3.63) is 18.2 Å². The number of aliphatic hydroxyl groups is 1. The first-order valence-corrected chi connectivity index (χ1v) is 8.85. The molecule has 0 saturated heterocycles. The normalized spacial score (nSPS) is 20.9. The maximum absolute atomic E-state index is 11.4. The Bertz CT molecular complexity index is 480. The summed E-state index contributed by atoms with van der Waals surface area (Å²) in [5.74, 6) is 1.53. The molecular weight excluding hydrogens is 290 g/mol. The highest BCUT2D eigenvalue weighted by molar-refractivity contribution is 5.73. The van der Waals surface area contributed by atoms with Gasteiger partial charge in [-0.3, -0.25) is 4.79 Å². The number of aromatic nitrogens is 2. The SMILES string of the molecule is CC(=O)NC(C)C(C)C(CCC1(CO)CCCC1)c1ncc[nH]1. The lowest BCUT2D eigenvalue weighted by atomic mass is 9.76. The second-order valence-corrected chi connectivity index (χ2v) is 7.33. The average Bonchev–Trinajstić information content (AvgIpc) is 3.18. The molecule has 0 bridgehead atoms. The molecule has 0 aromatic carbocycles. The first-order valence-electron chi connectivity index (χ1n) is 8.85. The van der Waals surface area contributed by atoms with Crippen molar-refractivity contribution in [3.63, 3.8) is 0 Å². The molecule has 1 aromatic rings. The lowest BCUT2D eigenvalue weighted by Crippen LogP contribution is -2.38. The molecule has 130 valence electrons. The molecule has 1 aliphatic rings.